The molecule has 0 unspecified atom stereocenters. The van der Waals surface area contributed by atoms with Crippen molar-refractivity contribution in [3.05, 3.63) is 131 Å². The van der Waals surface area contributed by atoms with Crippen molar-refractivity contribution in [2.45, 2.75) is 27.7 Å². The largest absolute Gasteiger partial charge is 0.462 e. The average molecular weight is 493 g/mol. The van der Waals surface area contributed by atoms with Gasteiger partial charge in [-0.1, -0.05) is 56.0 Å². The Balaban J connectivity index is 0.000000284. The molecular formula is C29H30F2N2O3. The molecule has 36 heavy (non-hydrogen) atoms. The summed E-state index contributed by atoms with van der Waals surface area (Å²) in [6.45, 7) is 4.04. The van der Waals surface area contributed by atoms with E-state index in [2.05, 4.69) is 9.97 Å². The number of nitrogens with zero attached hydrogens (tertiary/aromatic N) is 2. The van der Waals surface area contributed by atoms with Gasteiger partial charge in [0.05, 0.1) is 12.2 Å². The summed E-state index contributed by atoms with van der Waals surface area (Å²) in [7, 11) is 0. The molecule has 2 aromatic heterocycles. The van der Waals surface area contributed by atoms with Crippen LogP contribution in [0.1, 0.15) is 46.2 Å². The molecule has 2 heterocycles. The van der Waals surface area contributed by atoms with Crippen molar-refractivity contribution >= 4 is 11.8 Å². The second-order valence-electron chi connectivity index (χ2n) is 7.20. The van der Waals surface area contributed by atoms with E-state index in [-0.39, 0.29) is 25.6 Å². The van der Waals surface area contributed by atoms with Crippen LogP contribution in [0.3, 0.4) is 0 Å². The Morgan fingerprint density at radius 1 is 0.778 bits per heavy atom. The number of halogens is 2. The molecule has 0 bridgehead atoms. The quantitative estimate of drug-likeness (QED) is 0.177. The van der Waals surface area contributed by atoms with Gasteiger partial charge in [-0.25, -0.2) is 14.8 Å². The van der Waals surface area contributed by atoms with E-state index in [1.807, 2.05) is 31.2 Å². The summed E-state index contributed by atoms with van der Waals surface area (Å²) in [6.07, 6.45) is 3.01. The number of aromatic nitrogens is 2. The zero-order chi connectivity index (χ0) is 25.5. The molecule has 0 fully saturated rings. The molecule has 0 N–H and O–H groups in total. The number of esters is 1. The van der Waals surface area contributed by atoms with Crippen molar-refractivity contribution in [1.82, 2.24) is 9.97 Å². The number of rotatable bonds is 5. The fraction of sp³-hybridized carbons (Fsp3) is 0.172. The lowest BCUT2D eigenvalue weighted by molar-refractivity contribution is 0.0526. The molecule has 4 rings (SSSR count). The van der Waals surface area contributed by atoms with Gasteiger partial charge in [0.2, 0.25) is 11.9 Å². The summed E-state index contributed by atoms with van der Waals surface area (Å²) < 4.78 is 29.6. The van der Waals surface area contributed by atoms with Gasteiger partial charge in [0.1, 0.15) is 0 Å². The normalized spacial score (nSPS) is 9.33. The summed E-state index contributed by atoms with van der Waals surface area (Å²) >= 11 is 0. The van der Waals surface area contributed by atoms with Gasteiger partial charge in [-0.3, -0.25) is 4.79 Å². The number of hydrogen-bond acceptors (Lipinski definition) is 5. The molecule has 0 spiro atoms. The summed E-state index contributed by atoms with van der Waals surface area (Å²) in [5.41, 5.74) is 2.79. The van der Waals surface area contributed by atoms with Crippen LogP contribution in [0.4, 0.5) is 8.78 Å². The van der Waals surface area contributed by atoms with E-state index in [0.29, 0.717) is 23.3 Å². The number of benzene rings is 2. The van der Waals surface area contributed by atoms with Crippen molar-refractivity contribution in [2.75, 3.05) is 6.61 Å². The number of ketones is 1. The van der Waals surface area contributed by atoms with Gasteiger partial charge in [0, 0.05) is 24.4 Å². The minimum atomic E-state index is -0.557. The first kappa shape index (κ1) is 29.8. The van der Waals surface area contributed by atoms with Gasteiger partial charge in [0.25, 0.3) is 0 Å². The highest BCUT2D eigenvalue weighted by molar-refractivity contribution is 5.97. The Hall–Kier alpha value is -4.26. The zero-order valence-electron chi connectivity index (χ0n) is 19.5. The fourth-order valence-corrected chi connectivity index (χ4v) is 2.75. The Morgan fingerprint density at radius 2 is 1.31 bits per heavy atom. The first-order chi connectivity index (χ1) is 16.9. The summed E-state index contributed by atoms with van der Waals surface area (Å²) in [4.78, 5) is 29.6. The number of pyridine rings is 2. The van der Waals surface area contributed by atoms with Crippen LogP contribution in [-0.4, -0.2) is 28.3 Å². The third-order valence-electron chi connectivity index (χ3n) is 4.42. The smallest absolute Gasteiger partial charge is 0.338 e. The minimum Gasteiger partial charge on any atom is -0.462 e. The van der Waals surface area contributed by atoms with Gasteiger partial charge in [-0.2, -0.15) is 8.78 Å². The molecular weight excluding hydrogens is 462 g/mol. The molecule has 7 heteroatoms. The van der Waals surface area contributed by atoms with Crippen molar-refractivity contribution in [2.24, 2.45) is 0 Å². The summed E-state index contributed by atoms with van der Waals surface area (Å²) in [5.74, 6) is -1.25. The van der Waals surface area contributed by atoms with Gasteiger partial charge < -0.3 is 4.74 Å². The number of carbonyl (C=O) groups excluding carboxylic acids is 2. The van der Waals surface area contributed by atoms with Crippen LogP contribution in [0.2, 0.25) is 0 Å². The van der Waals surface area contributed by atoms with Crippen LogP contribution in [0.25, 0.3) is 0 Å². The zero-order valence-corrected chi connectivity index (χ0v) is 19.5. The lowest BCUT2D eigenvalue weighted by Gasteiger charge is -2.00. The molecule has 0 saturated carbocycles. The van der Waals surface area contributed by atoms with Crippen LogP contribution in [0.15, 0.2) is 97.3 Å². The Morgan fingerprint density at radius 3 is 1.78 bits per heavy atom. The van der Waals surface area contributed by atoms with E-state index in [0.717, 1.165) is 5.56 Å². The van der Waals surface area contributed by atoms with Crippen LogP contribution in [0, 0.1) is 18.8 Å². The molecule has 0 saturated heterocycles. The van der Waals surface area contributed by atoms with Gasteiger partial charge in [-0.15, -0.1) is 0 Å². The molecule has 0 amide bonds. The lowest BCUT2D eigenvalue weighted by atomic mass is 10.0. The first-order valence-corrected chi connectivity index (χ1v) is 10.9. The van der Waals surface area contributed by atoms with E-state index in [9.17, 15) is 18.4 Å². The summed E-state index contributed by atoms with van der Waals surface area (Å²) in [5, 5.41) is 0. The topological polar surface area (TPSA) is 69.2 Å². The van der Waals surface area contributed by atoms with E-state index in [1.165, 1.54) is 24.5 Å². The van der Waals surface area contributed by atoms with Crippen molar-refractivity contribution in [1.29, 1.82) is 0 Å². The monoisotopic (exact) mass is 492 g/mol. The Kier molecular flexibility index (Phi) is 13.5. The van der Waals surface area contributed by atoms with E-state index in [4.69, 9.17) is 4.74 Å². The number of carbonyl (C=O) groups is 2. The second-order valence-corrected chi connectivity index (χ2v) is 7.20. The highest BCUT2D eigenvalue weighted by atomic mass is 19.1. The molecule has 0 aliphatic carbocycles. The van der Waals surface area contributed by atoms with Gasteiger partial charge in [0.15, 0.2) is 5.78 Å². The molecule has 0 atom stereocenters. The minimum absolute atomic E-state index is 0. The highest BCUT2D eigenvalue weighted by Crippen LogP contribution is 2.07. The third-order valence-corrected chi connectivity index (χ3v) is 4.42. The van der Waals surface area contributed by atoms with Crippen LogP contribution >= 0.6 is 0 Å². The molecule has 0 radical (unpaired) electrons. The molecule has 0 aliphatic rings. The van der Waals surface area contributed by atoms with Gasteiger partial charge >= 0.3 is 5.97 Å². The predicted octanol–water partition coefficient (Wildman–Crippen LogP) is 6.67. The maximum Gasteiger partial charge on any atom is 0.338 e. The van der Waals surface area contributed by atoms with Crippen molar-refractivity contribution < 1.29 is 23.1 Å². The Bertz CT molecular complexity index is 1190. The molecule has 5 nitrogen and oxygen atoms in total. The predicted molar refractivity (Wildman–Crippen MR) is 137 cm³/mol. The lowest BCUT2D eigenvalue weighted by Crippen LogP contribution is -2.03. The van der Waals surface area contributed by atoms with E-state index < -0.39 is 11.9 Å². The molecule has 4 aromatic rings. The SMILES string of the molecule is C.CCOC(=O)c1ccccc1.Cc1ccnc(F)c1.O=C(Cc1ccnc(F)c1)c1ccccc1. The third kappa shape index (κ3) is 11.2. The first-order valence-electron chi connectivity index (χ1n) is 10.9. The van der Waals surface area contributed by atoms with Crippen molar-refractivity contribution in [3.8, 4) is 0 Å². The van der Waals surface area contributed by atoms with Crippen LogP contribution < -0.4 is 0 Å². The second kappa shape index (κ2) is 16.4. The molecule has 0 aliphatic heterocycles. The van der Waals surface area contributed by atoms with Gasteiger partial charge in [-0.05, 0) is 61.4 Å². The fourth-order valence-electron chi connectivity index (χ4n) is 2.75. The standard InChI is InChI=1S/C13H10FNO.C9H10O2.C6H6FN.CH4/c14-13-9-10(6-7-15-13)8-12(16)11-4-2-1-3-5-11;1-2-11-9(10)8-6-4-3-5-7-8;1-5-2-3-8-6(7)4-5;/h1-7,9H,8H2;3-7H,2H2,1H3;2-4H,1H3;1H4. The number of ether oxygens (including phenoxy) is 1. The maximum absolute atomic E-state index is 12.8. The highest BCUT2D eigenvalue weighted by Gasteiger charge is 2.07. The number of Topliss-reactive ketones (excluding diaryl/α,β-unsaturated/α-hetero) is 1. The summed E-state index contributed by atoms with van der Waals surface area (Å²) in [6, 6.07) is 24.0. The maximum atomic E-state index is 12.8. The number of aryl methyl sites for hydroxylation is 1. The van der Waals surface area contributed by atoms with E-state index >= 15 is 0 Å². The van der Waals surface area contributed by atoms with Crippen LogP contribution in [0.5, 0.6) is 0 Å². The average Bonchev–Trinajstić information content (AvgIpc) is 2.86. The van der Waals surface area contributed by atoms with E-state index in [1.54, 1.807) is 55.5 Å². The van der Waals surface area contributed by atoms with Crippen LogP contribution in [-0.2, 0) is 11.2 Å². The number of hydrogen-bond donors (Lipinski definition) is 0. The Labute approximate surface area is 210 Å². The molecule has 188 valence electrons. The molecule has 2 aromatic carbocycles. The van der Waals surface area contributed by atoms with Crippen molar-refractivity contribution in [3.63, 3.8) is 0 Å².